The van der Waals surface area contributed by atoms with Gasteiger partial charge in [-0.1, -0.05) is 18.9 Å². The van der Waals surface area contributed by atoms with Gasteiger partial charge in [0.15, 0.2) is 4.77 Å². The van der Waals surface area contributed by atoms with Crippen LogP contribution in [-0.4, -0.2) is 9.55 Å². The number of benzene rings is 1. The number of aromatic nitrogens is 2. The Kier molecular flexibility index (Phi) is 2.53. The summed E-state index contributed by atoms with van der Waals surface area (Å²) in [6.45, 7) is 2.27. The molecule has 1 aromatic carbocycles. The second kappa shape index (κ2) is 3.96. The van der Waals surface area contributed by atoms with Gasteiger partial charge in [0.2, 0.25) is 0 Å². The summed E-state index contributed by atoms with van der Waals surface area (Å²) in [6, 6.07) is 8.03. The van der Waals surface area contributed by atoms with Crippen LogP contribution in [0.1, 0.15) is 38.2 Å². The van der Waals surface area contributed by atoms with Crippen molar-refractivity contribution < 1.29 is 0 Å². The molecule has 0 spiro atoms. The summed E-state index contributed by atoms with van der Waals surface area (Å²) in [5.74, 6) is 0. The van der Waals surface area contributed by atoms with Crippen molar-refractivity contribution in [3.8, 4) is 6.07 Å². The molecule has 3 rings (SSSR count). The molecule has 0 bridgehead atoms. The maximum absolute atomic E-state index is 9.15. The van der Waals surface area contributed by atoms with Crippen molar-refractivity contribution in [2.24, 2.45) is 0 Å². The van der Waals surface area contributed by atoms with Crippen LogP contribution >= 0.6 is 12.2 Å². The minimum absolute atomic E-state index is 0.101. The maximum atomic E-state index is 9.15. The van der Waals surface area contributed by atoms with Gasteiger partial charge in [-0.25, -0.2) is 0 Å². The number of hydrogen-bond donors (Lipinski definition) is 1. The Morgan fingerprint density at radius 3 is 2.78 bits per heavy atom. The first-order chi connectivity index (χ1) is 8.65. The Hall–Kier alpha value is -1.60. The number of rotatable bonds is 1. The molecule has 92 valence electrons. The lowest BCUT2D eigenvalue weighted by Gasteiger charge is -2.26. The number of H-pyrrole nitrogens is 1. The molecular weight excluding hydrogens is 242 g/mol. The van der Waals surface area contributed by atoms with Crippen LogP contribution in [0.15, 0.2) is 18.2 Å². The highest BCUT2D eigenvalue weighted by Crippen LogP contribution is 2.38. The van der Waals surface area contributed by atoms with Crippen molar-refractivity contribution in [3.05, 3.63) is 28.5 Å². The second-order valence-corrected chi connectivity index (χ2v) is 5.67. The maximum Gasteiger partial charge on any atom is 0.178 e. The molecule has 0 radical (unpaired) electrons. The average Bonchev–Trinajstić information content (AvgIpc) is 2.92. The molecule has 0 unspecified atom stereocenters. The van der Waals surface area contributed by atoms with E-state index in [9.17, 15) is 0 Å². The number of nitrogens with one attached hydrogen (secondary N) is 1. The number of aromatic amines is 1. The fourth-order valence-electron chi connectivity index (χ4n) is 3.12. The molecular formula is C14H15N3S. The Balaban J connectivity index is 2.34. The Bertz CT molecular complexity index is 696. The summed E-state index contributed by atoms with van der Waals surface area (Å²) >= 11 is 5.47. The van der Waals surface area contributed by atoms with Crippen molar-refractivity contribution in [2.75, 3.05) is 0 Å². The second-order valence-electron chi connectivity index (χ2n) is 5.28. The van der Waals surface area contributed by atoms with Crippen LogP contribution in [0.3, 0.4) is 0 Å². The minimum atomic E-state index is 0.101. The average molecular weight is 257 g/mol. The van der Waals surface area contributed by atoms with Gasteiger partial charge in [0.25, 0.3) is 0 Å². The molecule has 4 heteroatoms. The van der Waals surface area contributed by atoms with E-state index >= 15 is 0 Å². The fraction of sp³-hybridized carbons (Fsp3) is 0.429. The van der Waals surface area contributed by atoms with Crippen LogP contribution < -0.4 is 0 Å². The summed E-state index contributed by atoms with van der Waals surface area (Å²) in [7, 11) is 0. The molecule has 0 amide bonds. The monoisotopic (exact) mass is 257 g/mol. The van der Waals surface area contributed by atoms with Crippen LogP contribution in [0.4, 0.5) is 0 Å². The first-order valence-corrected chi connectivity index (χ1v) is 6.71. The number of imidazole rings is 1. The molecule has 1 aliphatic carbocycles. The Morgan fingerprint density at radius 2 is 2.11 bits per heavy atom. The summed E-state index contributed by atoms with van der Waals surface area (Å²) in [6.07, 6.45) is 4.82. The van der Waals surface area contributed by atoms with Gasteiger partial charge < -0.3 is 9.55 Å². The van der Waals surface area contributed by atoms with Crippen LogP contribution in [-0.2, 0) is 5.54 Å². The highest BCUT2D eigenvalue weighted by Gasteiger charge is 2.32. The van der Waals surface area contributed by atoms with Gasteiger partial charge in [-0.05, 0) is 44.1 Å². The largest absolute Gasteiger partial charge is 0.329 e. The molecule has 0 atom stereocenters. The van der Waals surface area contributed by atoms with E-state index in [-0.39, 0.29) is 5.54 Å². The Morgan fingerprint density at radius 1 is 1.39 bits per heavy atom. The summed E-state index contributed by atoms with van der Waals surface area (Å²) < 4.78 is 2.95. The van der Waals surface area contributed by atoms with Crippen LogP contribution in [0.2, 0.25) is 0 Å². The summed E-state index contributed by atoms with van der Waals surface area (Å²) in [5, 5.41) is 9.15. The third kappa shape index (κ3) is 1.51. The third-order valence-electron chi connectivity index (χ3n) is 4.06. The smallest absolute Gasteiger partial charge is 0.178 e. The number of para-hydroxylation sites is 1. The minimum Gasteiger partial charge on any atom is -0.329 e. The van der Waals surface area contributed by atoms with Crippen molar-refractivity contribution >= 4 is 23.3 Å². The van der Waals surface area contributed by atoms with Crippen LogP contribution in [0.25, 0.3) is 11.0 Å². The van der Waals surface area contributed by atoms with Gasteiger partial charge >= 0.3 is 0 Å². The predicted octanol–water partition coefficient (Wildman–Crippen LogP) is 3.86. The fourth-order valence-corrected chi connectivity index (χ4v) is 3.54. The van der Waals surface area contributed by atoms with Crippen molar-refractivity contribution in [2.45, 2.75) is 38.1 Å². The first kappa shape index (κ1) is 11.5. The highest BCUT2D eigenvalue weighted by atomic mass is 32.1. The number of fused-ring (bicyclic) bond motifs is 1. The molecule has 18 heavy (non-hydrogen) atoms. The highest BCUT2D eigenvalue weighted by molar-refractivity contribution is 7.71. The van der Waals surface area contributed by atoms with Gasteiger partial charge in [0.1, 0.15) is 6.07 Å². The van der Waals surface area contributed by atoms with E-state index in [0.717, 1.165) is 28.6 Å². The van der Waals surface area contributed by atoms with Crippen LogP contribution in [0.5, 0.6) is 0 Å². The first-order valence-electron chi connectivity index (χ1n) is 6.30. The van der Waals surface area contributed by atoms with Gasteiger partial charge in [0, 0.05) is 5.54 Å². The van der Waals surface area contributed by atoms with E-state index in [1.54, 1.807) is 0 Å². The molecule has 2 aromatic rings. The van der Waals surface area contributed by atoms with Crippen molar-refractivity contribution in [3.63, 3.8) is 0 Å². The number of hydrogen-bond acceptors (Lipinski definition) is 2. The third-order valence-corrected chi connectivity index (χ3v) is 4.34. The van der Waals surface area contributed by atoms with Gasteiger partial charge in [0.05, 0.1) is 16.6 Å². The van der Waals surface area contributed by atoms with Gasteiger partial charge in [-0.15, -0.1) is 0 Å². The van der Waals surface area contributed by atoms with E-state index in [1.165, 1.54) is 12.8 Å². The zero-order valence-electron chi connectivity index (χ0n) is 10.4. The molecule has 0 saturated heterocycles. The predicted molar refractivity (Wildman–Crippen MR) is 74.0 cm³/mol. The molecule has 1 N–H and O–H groups in total. The topological polar surface area (TPSA) is 44.5 Å². The molecule has 0 aliphatic heterocycles. The van der Waals surface area contributed by atoms with E-state index in [4.69, 9.17) is 17.5 Å². The lowest BCUT2D eigenvalue weighted by Crippen LogP contribution is -2.26. The zero-order valence-corrected chi connectivity index (χ0v) is 11.2. The van der Waals surface area contributed by atoms with Crippen LogP contribution in [0, 0.1) is 16.1 Å². The molecule has 1 fully saturated rings. The molecule has 1 aromatic heterocycles. The van der Waals surface area contributed by atoms with Gasteiger partial charge in [-0.3, -0.25) is 0 Å². The lowest BCUT2D eigenvalue weighted by atomic mass is 10.00. The van der Waals surface area contributed by atoms with E-state index in [2.05, 4.69) is 22.5 Å². The number of nitrogens with zero attached hydrogens (tertiary/aromatic N) is 2. The molecule has 1 saturated carbocycles. The number of nitriles is 1. The van der Waals surface area contributed by atoms with E-state index < -0.39 is 0 Å². The normalized spacial score (nSPS) is 18.0. The van der Waals surface area contributed by atoms with E-state index in [0.29, 0.717) is 5.56 Å². The standard InChI is InChI=1S/C14H15N3S/c1-14(7-2-3-8-14)17-11-6-4-5-10(9-15)12(11)16-13(17)18/h4-6H,2-3,7-8H2,1H3,(H,16,18). The Labute approximate surface area is 111 Å². The van der Waals surface area contributed by atoms with Crippen molar-refractivity contribution in [1.82, 2.24) is 9.55 Å². The molecule has 3 nitrogen and oxygen atoms in total. The molecule has 1 heterocycles. The quantitative estimate of drug-likeness (QED) is 0.788. The lowest BCUT2D eigenvalue weighted by molar-refractivity contribution is 0.335. The molecule has 1 aliphatic rings. The summed E-state index contributed by atoms with van der Waals surface area (Å²) in [5.41, 5.74) is 2.70. The van der Waals surface area contributed by atoms with Crippen molar-refractivity contribution in [1.29, 1.82) is 5.26 Å². The summed E-state index contributed by atoms with van der Waals surface area (Å²) in [4.78, 5) is 3.20. The van der Waals surface area contributed by atoms with Gasteiger partial charge in [-0.2, -0.15) is 5.26 Å². The van der Waals surface area contributed by atoms with E-state index in [1.807, 2.05) is 18.2 Å². The zero-order chi connectivity index (χ0) is 12.8. The SMILES string of the molecule is CC1(n2c(=S)[nH]c3c(C#N)cccc32)CCCC1.